The Kier molecular flexibility index (Phi) is 7.18. The number of hydrogen-bond acceptors (Lipinski definition) is 4. The van der Waals surface area contributed by atoms with Crippen LogP contribution in [0, 0.1) is 0 Å². The molecule has 4 aromatic rings. The molecule has 6 rings (SSSR count). The van der Waals surface area contributed by atoms with Crippen LogP contribution in [0.3, 0.4) is 0 Å². The Morgan fingerprint density at radius 1 is 0.951 bits per heavy atom. The van der Waals surface area contributed by atoms with Crippen LogP contribution >= 0.6 is 0 Å². The number of carbonyl (C=O) groups excluding carboxylic acids is 2. The van der Waals surface area contributed by atoms with Crippen LogP contribution in [0.15, 0.2) is 72.3 Å². The van der Waals surface area contributed by atoms with E-state index in [2.05, 4.69) is 16.0 Å². The van der Waals surface area contributed by atoms with Gasteiger partial charge in [-0.05, 0) is 72.4 Å². The number of ketones is 1. The first-order chi connectivity index (χ1) is 19.9. The quantitative estimate of drug-likeness (QED) is 0.258. The van der Waals surface area contributed by atoms with Crippen molar-refractivity contribution in [2.24, 2.45) is 0 Å². The molecule has 2 aliphatic rings. The van der Waals surface area contributed by atoms with E-state index < -0.39 is 5.97 Å². The number of carbonyl (C=O) groups is 3. The van der Waals surface area contributed by atoms with Gasteiger partial charge >= 0.3 is 5.97 Å². The Balaban J connectivity index is 1.40. The average Bonchev–Trinajstić information content (AvgIpc) is 3.22. The van der Waals surface area contributed by atoms with Gasteiger partial charge < -0.3 is 19.7 Å². The Morgan fingerprint density at radius 3 is 2.41 bits per heavy atom. The number of ether oxygens (including phenoxy) is 1. The molecule has 1 amide bonds. The Hall–Kier alpha value is -4.65. The van der Waals surface area contributed by atoms with Crippen LogP contribution in [0.5, 0.6) is 5.75 Å². The highest BCUT2D eigenvalue weighted by Crippen LogP contribution is 2.46. The highest BCUT2D eigenvalue weighted by atomic mass is 16.5. The topological polar surface area (TPSA) is 97.6 Å². The molecule has 0 bridgehead atoms. The number of nitrogens with zero attached hydrogens (tertiary/aromatic N) is 1. The fourth-order valence-corrected chi connectivity index (χ4v) is 6.30. The molecule has 1 aliphatic carbocycles. The summed E-state index contributed by atoms with van der Waals surface area (Å²) in [5.41, 5.74) is 6.27. The number of carboxylic acid groups (broad SMARTS) is 1. The minimum absolute atomic E-state index is 0.139. The zero-order chi connectivity index (χ0) is 28.5. The van der Waals surface area contributed by atoms with Gasteiger partial charge in [0, 0.05) is 27.6 Å². The number of hydrogen-bond donors (Lipinski definition) is 2. The van der Waals surface area contributed by atoms with Gasteiger partial charge in [-0.3, -0.25) is 9.59 Å². The zero-order valence-corrected chi connectivity index (χ0v) is 23.0. The molecule has 2 heterocycles. The SMILES string of the molecule is COc1ccc(C(=O)CNC(=O)C2=Cc3ccccc3-c3c(C4CCCCC4)c4ccc(C(=O)O)cc4n3C2)cc1. The third-order valence-corrected chi connectivity index (χ3v) is 8.35. The summed E-state index contributed by atoms with van der Waals surface area (Å²) in [7, 11) is 1.57. The summed E-state index contributed by atoms with van der Waals surface area (Å²) in [6.07, 6.45) is 7.63. The molecule has 41 heavy (non-hydrogen) atoms. The summed E-state index contributed by atoms with van der Waals surface area (Å²) in [5, 5.41) is 13.6. The van der Waals surface area contributed by atoms with Gasteiger partial charge in [0.2, 0.25) is 5.91 Å². The van der Waals surface area contributed by atoms with Crippen molar-refractivity contribution in [3.63, 3.8) is 0 Å². The van der Waals surface area contributed by atoms with Crippen molar-refractivity contribution >= 4 is 34.6 Å². The van der Waals surface area contributed by atoms with E-state index in [1.807, 2.05) is 30.3 Å². The number of benzene rings is 3. The van der Waals surface area contributed by atoms with E-state index in [0.29, 0.717) is 22.8 Å². The van der Waals surface area contributed by atoms with Crippen molar-refractivity contribution in [3.05, 3.63) is 94.6 Å². The maximum Gasteiger partial charge on any atom is 0.335 e. The van der Waals surface area contributed by atoms with Crippen LogP contribution in [0.2, 0.25) is 0 Å². The lowest BCUT2D eigenvalue weighted by Gasteiger charge is -2.24. The van der Waals surface area contributed by atoms with E-state index in [4.69, 9.17) is 4.74 Å². The number of fused-ring (bicyclic) bond motifs is 5. The van der Waals surface area contributed by atoms with Crippen LogP contribution in [-0.2, 0) is 11.3 Å². The second-order valence-corrected chi connectivity index (χ2v) is 10.8. The van der Waals surface area contributed by atoms with Gasteiger partial charge in [-0.15, -0.1) is 0 Å². The summed E-state index contributed by atoms with van der Waals surface area (Å²) in [6, 6.07) is 20.2. The van der Waals surface area contributed by atoms with Crippen LogP contribution in [0.4, 0.5) is 0 Å². The molecule has 0 atom stereocenters. The molecule has 208 valence electrons. The van der Waals surface area contributed by atoms with Crippen molar-refractivity contribution in [1.82, 2.24) is 9.88 Å². The molecule has 1 aliphatic heterocycles. The van der Waals surface area contributed by atoms with Crippen LogP contribution in [0.1, 0.15) is 69.9 Å². The van der Waals surface area contributed by atoms with Gasteiger partial charge in [0.05, 0.1) is 31.5 Å². The molecule has 0 unspecified atom stereocenters. The molecule has 1 saturated carbocycles. The highest BCUT2D eigenvalue weighted by molar-refractivity contribution is 6.06. The zero-order valence-electron chi connectivity index (χ0n) is 23.0. The maximum absolute atomic E-state index is 13.6. The number of aromatic carboxylic acids is 1. The van der Waals surface area contributed by atoms with Crippen molar-refractivity contribution in [2.45, 2.75) is 44.6 Å². The lowest BCUT2D eigenvalue weighted by Crippen LogP contribution is -2.31. The van der Waals surface area contributed by atoms with Crippen LogP contribution in [-0.4, -0.2) is 41.0 Å². The van der Waals surface area contributed by atoms with Gasteiger partial charge in [-0.2, -0.15) is 0 Å². The lowest BCUT2D eigenvalue weighted by molar-refractivity contribution is -0.117. The van der Waals surface area contributed by atoms with E-state index in [0.717, 1.165) is 40.6 Å². The number of methoxy groups -OCH3 is 1. The number of rotatable bonds is 7. The first kappa shape index (κ1) is 26.6. The molecule has 2 N–H and O–H groups in total. The number of carboxylic acids is 1. The lowest BCUT2D eigenvalue weighted by atomic mass is 9.81. The van der Waals surface area contributed by atoms with Crippen LogP contribution in [0.25, 0.3) is 28.2 Å². The second-order valence-electron chi connectivity index (χ2n) is 10.8. The highest BCUT2D eigenvalue weighted by Gasteiger charge is 2.30. The first-order valence-corrected chi connectivity index (χ1v) is 14.1. The van der Waals surface area contributed by atoms with Crippen molar-refractivity contribution in [2.75, 3.05) is 13.7 Å². The third-order valence-electron chi connectivity index (χ3n) is 8.35. The maximum atomic E-state index is 13.6. The fourth-order valence-electron chi connectivity index (χ4n) is 6.30. The summed E-state index contributed by atoms with van der Waals surface area (Å²) >= 11 is 0. The molecule has 7 nitrogen and oxygen atoms in total. The standard InChI is InChI=1S/C34H32N2O5/c1-41-26-14-11-21(12-15-26)30(37)19-35-33(38)25-17-23-9-5-6-10-27(23)32-31(22-7-3-2-4-8-22)28-16-13-24(34(39)40)18-29(28)36(32)20-25/h5-6,9-18,22H,2-4,7-8,19-20H2,1H3,(H,35,38)(H,39,40). The first-order valence-electron chi connectivity index (χ1n) is 14.1. The number of aromatic nitrogens is 1. The van der Waals surface area contributed by atoms with Gasteiger partial charge in [-0.1, -0.05) is 49.6 Å². The minimum atomic E-state index is -0.985. The Labute approximate surface area is 238 Å². The van der Waals surface area contributed by atoms with E-state index in [-0.39, 0.29) is 30.3 Å². The van der Waals surface area contributed by atoms with E-state index in [9.17, 15) is 19.5 Å². The normalized spacial score (nSPS) is 14.9. The number of Topliss-reactive ketones (excluding diaryl/α,β-unsaturated/α-hetero) is 1. The molecule has 0 radical (unpaired) electrons. The molecule has 3 aromatic carbocycles. The molecule has 1 fully saturated rings. The van der Waals surface area contributed by atoms with Crippen LogP contribution < -0.4 is 10.1 Å². The molecule has 7 heteroatoms. The van der Waals surface area contributed by atoms with Gasteiger partial charge in [-0.25, -0.2) is 4.79 Å². The Morgan fingerprint density at radius 2 is 1.68 bits per heavy atom. The monoisotopic (exact) mass is 548 g/mol. The van der Waals surface area contributed by atoms with E-state index in [1.54, 1.807) is 43.5 Å². The molecular weight excluding hydrogens is 516 g/mol. The van der Waals surface area contributed by atoms with Crippen molar-refractivity contribution < 1.29 is 24.2 Å². The van der Waals surface area contributed by atoms with E-state index in [1.165, 1.54) is 24.8 Å². The second kappa shape index (κ2) is 11.1. The third kappa shape index (κ3) is 5.04. The fraction of sp³-hybridized carbons (Fsp3) is 0.265. The summed E-state index contributed by atoms with van der Waals surface area (Å²) in [5.74, 6) is -0.496. The number of nitrogens with one attached hydrogen (secondary N) is 1. The van der Waals surface area contributed by atoms with Gasteiger partial charge in [0.25, 0.3) is 0 Å². The molecular formula is C34H32N2O5. The van der Waals surface area contributed by atoms with Gasteiger partial charge in [0.15, 0.2) is 5.78 Å². The smallest absolute Gasteiger partial charge is 0.335 e. The van der Waals surface area contributed by atoms with Crippen molar-refractivity contribution in [3.8, 4) is 17.0 Å². The summed E-state index contributed by atoms with van der Waals surface area (Å²) in [4.78, 5) is 38.3. The van der Waals surface area contributed by atoms with E-state index >= 15 is 0 Å². The summed E-state index contributed by atoms with van der Waals surface area (Å²) in [6.45, 7) is 0.124. The Bertz CT molecular complexity index is 1690. The summed E-state index contributed by atoms with van der Waals surface area (Å²) < 4.78 is 7.27. The minimum Gasteiger partial charge on any atom is -0.497 e. The molecule has 1 aromatic heterocycles. The molecule has 0 spiro atoms. The average molecular weight is 549 g/mol. The predicted octanol–water partition coefficient (Wildman–Crippen LogP) is 6.46. The van der Waals surface area contributed by atoms with Gasteiger partial charge in [0.1, 0.15) is 5.75 Å². The predicted molar refractivity (Wildman–Crippen MR) is 158 cm³/mol. The van der Waals surface area contributed by atoms with Crippen molar-refractivity contribution in [1.29, 1.82) is 0 Å². The number of amides is 1. The molecule has 0 saturated heterocycles. The largest absolute Gasteiger partial charge is 0.497 e.